The van der Waals surface area contributed by atoms with Crippen LogP contribution in [0.1, 0.15) is 0 Å². The topological polar surface area (TPSA) is 144 Å². The average molecular weight is 348 g/mol. The predicted octanol–water partition coefficient (Wildman–Crippen LogP) is 2.24. The van der Waals surface area contributed by atoms with Crippen molar-refractivity contribution in [1.29, 1.82) is 10.8 Å². The van der Waals surface area contributed by atoms with E-state index in [1.54, 1.807) is 24.3 Å². The van der Waals surface area contributed by atoms with E-state index in [1.807, 2.05) is 41.7 Å². The molecule has 8 nitrogen and oxygen atoms in total. The maximum atomic E-state index is 11.8. The van der Waals surface area contributed by atoms with Crippen LogP contribution in [0.15, 0.2) is 60.7 Å². The first-order valence-corrected chi connectivity index (χ1v) is 7.06. The molecule has 24 heavy (non-hydrogen) atoms. The van der Waals surface area contributed by atoms with Crippen molar-refractivity contribution in [2.45, 2.75) is 0 Å². The Morgan fingerprint density at radius 3 is 1.79 bits per heavy atom. The summed E-state index contributed by atoms with van der Waals surface area (Å²) >= 11 is 5.93. The van der Waals surface area contributed by atoms with Gasteiger partial charge in [0.05, 0.1) is 5.69 Å². The third-order valence-electron chi connectivity index (χ3n) is 2.46. The molecule has 0 aliphatic rings. The molecule has 0 atom stereocenters. The van der Waals surface area contributed by atoms with Gasteiger partial charge in [0.25, 0.3) is 0 Å². The fourth-order valence-electron chi connectivity index (χ4n) is 1.52. The van der Waals surface area contributed by atoms with Crippen molar-refractivity contribution in [3.8, 4) is 0 Å². The van der Waals surface area contributed by atoms with Crippen LogP contribution in [0.25, 0.3) is 0 Å². The zero-order valence-corrected chi connectivity index (χ0v) is 13.4. The van der Waals surface area contributed by atoms with Crippen molar-refractivity contribution in [3.05, 3.63) is 60.7 Å². The molecule has 0 radical (unpaired) electrons. The summed E-state index contributed by atoms with van der Waals surface area (Å²) < 4.78 is 1.05. The minimum absolute atomic E-state index is 0.312. The molecule has 0 aromatic heterocycles. The maximum Gasteiger partial charge on any atom is 0.341 e. The largest absolute Gasteiger partial charge is 0.370 e. The summed E-state index contributed by atoms with van der Waals surface area (Å²) in [6.07, 6.45) is 0. The summed E-state index contributed by atoms with van der Waals surface area (Å²) in [6, 6.07) is 17.8. The highest BCUT2D eigenvalue weighted by Gasteiger charge is 2.12. The number of anilines is 2. The van der Waals surface area contributed by atoms with Gasteiger partial charge in [0.1, 0.15) is 0 Å². The van der Waals surface area contributed by atoms with E-state index in [4.69, 9.17) is 34.1 Å². The first-order chi connectivity index (χ1) is 11.4. The van der Waals surface area contributed by atoms with Crippen LogP contribution in [-0.2, 0) is 0 Å². The van der Waals surface area contributed by atoms with Crippen molar-refractivity contribution in [2.24, 2.45) is 11.5 Å². The van der Waals surface area contributed by atoms with Gasteiger partial charge >= 0.3 is 6.03 Å². The third kappa shape index (κ3) is 7.14. The van der Waals surface area contributed by atoms with Crippen molar-refractivity contribution < 1.29 is 4.79 Å². The summed E-state index contributed by atoms with van der Waals surface area (Å²) in [5.74, 6) is -0.625. The molecule has 0 aliphatic heterocycles. The number of benzene rings is 2. The number of halogens is 1. The minimum Gasteiger partial charge on any atom is -0.370 e. The van der Waals surface area contributed by atoms with Gasteiger partial charge in [0, 0.05) is 17.5 Å². The van der Waals surface area contributed by atoms with Gasteiger partial charge in [0.2, 0.25) is 0 Å². The maximum absolute atomic E-state index is 11.8. The van der Waals surface area contributed by atoms with Gasteiger partial charge in [-0.05, 0) is 24.3 Å². The molecule has 2 aromatic rings. The van der Waals surface area contributed by atoms with Crippen LogP contribution in [-0.4, -0.2) is 18.0 Å². The SMILES string of the molecule is N=C(N)NC(=N)N.O=C(Nc1ccccc1)N(Cl)c1ccccc1. The smallest absolute Gasteiger partial charge is 0.341 e. The summed E-state index contributed by atoms with van der Waals surface area (Å²) in [5.41, 5.74) is 10.8. The number of rotatable bonds is 2. The second kappa shape index (κ2) is 9.70. The van der Waals surface area contributed by atoms with Gasteiger partial charge in [-0.3, -0.25) is 16.1 Å². The van der Waals surface area contributed by atoms with E-state index in [9.17, 15) is 4.79 Å². The first kappa shape index (κ1) is 18.8. The van der Waals surface area contributed by atoms with Gasteiger partial charge in [0.15, 0.2) is 11.9 Å². The Kier molecular flexibility index (Phi) is 7.59. The average Bonchev–Trinajstić information content (AvgIpc) is 2.55. The number of hydrogen-bond donors (Lipinski definition) is 6. The number of amides is 2. The third-order valence-corrected chi connectivity index (χ3v) is 2.80. The number of nitrogens with zero attached hydrogens (tertiary/aromatic N) is 1. The van der Waals surface area contributed by atoms with E-state index in [2.05, 4.69) is 5.32 Å². The summed E-state index contributed by atoms with van der Waals surface area (Å²) in [5, 5.41) is 17.7. The second-order valence-corrected chi connectivity index (χ2v) is 4.70. The van der Waals surface area contributed by atoms with Gasteiger partial charge in [-0.15, -0.1) is 0 Å². The van der Waals surface area contributed by atoms with Crippen LogP contribution in [0.4, 0.5) is 16.2 Å². The second-order valence-electron chi connectivity index (χ2n) is 4.36. The lowest BCUT2D eigenvalue weighted by atomic mass is 10.3. The molecule has 9 heteroatoms. The van der Waals surface area contributed by atoms with Crippen LogP contribution in [0.5, 0.6) is 0 Å². The molecule has 0 bridgehead atoms. The first-order valence-electron chi connectivity index (χ1n) is 6.72. The molecular formula is C15H18ClN7O. The van der Waals surface area contributed by atoms with E-state index < -0.39 is 0 Å². The van der Waals surface area contributed by atoms with E-state index in [1.165, 1.54) is 0 Å². The van der Waals surface area contributed by atoms with Crippen LogP contribution >= 0.6 is 11.8 Å². The number of carbonyl (C=O) groups is 1. The van der Waals surface area contributed by atoms with Crippen molar-refractivity contribution in [1.82, 2.24) is 5.32 Å². The normalized spacial score (nSPS) is 9.04. The molecule has 0 unspecified atom stereocenters. The predicted molar refractivity (Wildman–Crippen MR) is 97.2 cm³/mol. The molecule has 126 valence electrons. The summed E-state index contributed by atoms with van der Waals surface area (Å²) in [4.78, 5) is 11.8. The lowest BCUT2D eigenvalue weighted by Gasteiger charge is -2.14. The molecule has 0 spiro atoms. The number of nitrogens with two attached hydrogens (primary N) is 2. The van der Waals surface area contributed by atoms with Gasteiger partial charge in [-0.2, -0.15) is 0 Å². The van der Waals surface area contributed by atoms with Crippen molar-refractivity contribution in [3.63, 3.8) is 0 Å². The van der Waals surface area contributed by atoms with E-state index in [0.717, 1.165) is 4.42 Å². The van der Waals surface area contributed by atoms with Gasteiger partial charge in [-0.25, -0.2) is 9.21 Å². The fraction of sp³-hybridized carbons (Fsp3) is 0. The Morgan fingerprint density at radius 2 is 1.38 bits per heavy atom. The molecule has 2 rings (SSSR count). The quantitative estimate of drug-likeness (QED) is 0.281. The highest BCUT2D eigenvalue weighted by Crippen LogP contribution is 2.17. The standard InChI is InChI=1S/C13H11ClN2O.C2H7N5/c14-16(12-9-5-2-6-10-12)13(17)15-11-7-3-1-4-8-11;3-1(4)7-2(5)6/h1-10H,(H,15,17);(H7,3,4,5,6,7). The molecule has 0 heterocycles. The molecule has 0 fully saturated rings. The van der Waals surface area contributed by atoms with Crippen LogP contribution in [0.3, 0.4) is 0 Å². The monoisotopic (exact) mass is 347 g/mol. The minimum atomic E-state index is -0.385. The summed E-state index contributed by atoms with van der Waals surface area (Å²) in [6.45, 7) is 0. The van der Waals surface area contributed by atoms with Crippen molar-refractivity contribution >= 4 is 41.1 Å². The van der Waals surface area contributed by atoms with E-state index >= 15 is 0 Å². The number of urea groups is 1. The summed E-state index contributed by atoms with van der Waals surface area (Å²) in [7, 11) is 0. The highest BCUT2D eigenvalue weighted by molar-refractivity contribution is 6.38. The lowest BCUT2D eigenvalue weighted by Crippen LogP contribution is -2.39. The Bertz CT molecular complexity index is 667. The Labute approximate surface area is 144 Å². The van der Waals surface area contributed by atoms with Crippen LogP contribution < -0.4 is 26.5 Å². The fourth-order valence-corrected chi connectivity index (χ4v) is 1.67. The number of nitrogens with one attached hydrogen (secondary N) is 4. The number of hydrogen-bond acceptors (Lipinski definition) is 3. The number of para-hydroxylation sites is 2. The Morgan fingerprint density at radius 1 is 0.917 bits per heavy atom. The molecule has 0 aliphatic carbocycles. The zero-order valence-electron chi connectivity index (χ0n) is 12.7. The lowest BCUT2D eigenvalue weighted by molar-refractivity contribution is 0.260. The highest BCUT2D eigenvalue weighted by atomic mass is 35.5. The Balaban J connectivity index is 0.000000351. The van der Waals surface area contributed by atoms with Gasteiger partial charge in [-0.1, -0.05) is 36.4 Å². The number of guanidine groups is 2. The number of carbonyl (C=O) groups excluding carboxylic acids is 1. The van der Waals surface area contributed by atoms with E-state index in [-0.39, 0.29) is 18.0 Å². The van der Waals surface area contributed by atoms with Gasteiger partial charge < -0.3 is 16.8 Å². The molecule has 0 saturated heterocycles. The van der Waals surface area contributed by atoms with Crippen LogP contribution in [0, 0.1) is 10.8 Å². The molecule has 2 amide bonds. The van der Waals surface area contributed by atoms with Crippen LogP contribution in [0.2, 0.25) is 0 Å². The zero-order chi connectivity index (χ0) is 17.9. The molecule has 0 saturated carbocycles. The van der Waals surface area contributed by atoms with Crippen molar-refractivity contribution in [2.75, 3.05) is 9.74 Å². The Hall–Kier alpha value is -3.26. The van der Waals surface area contributed by atoms with E-state index in [0.29, 0.717) is 11.4 Å². The molecule has 8 N–H and O–H groups in total. The molecular weight excluding hydrogens is 330 g/mol. The molecule has 2 aromatic carbocycles.